The molecule has 4 unspecified atom stereocenters. The monoisotopic (exact) mass is 490 g/mol. The van der Waals surface area contributed by atoms with Crippen molar-refractivity contribution in [3.05, 3.63) is 96.1 Å². The van der Waals surface area contributed by atoms with Crippen LogP contribution < -0.4 is 10.6 Å². The van der Waals surface area contributed by atoms with Gasteiger partial charge in [0.05, 0.1) is 26.4 Å². The van der Waals surface area contributed by atoms with E-state index in [1.807, 2.05) is 0 Å². The van der Waals surface area contributed by atoms with Crippen molar-refractivity contribution in [1.82, 2.24) is 0 Å². The highest BCUT2D eigenvalue weighted by Crippen LogP contribution is 2.54. The van der Waals surface area contributed by atoms with E-state index in [4.69, 9.17) is 9.47 Å². The van der Waals surface area contributed by atoms with Crippen LogP contribution in [-0.2, 0) is 22.7 Å². The fourth-order valence-corrected chi connectivity index (χ4v) is 12.0. The van der Waals surface area contributed by atoms with Crippen molar-refractivity contribution in [3.8, 4) is 0 Å². The summed E-state index contributed by atoms with van der Waals surface area (Å²) in [6.07, 6.45) is 8.06. The van der Waals surface area contributed by atoms with Gasteiger partial charge in [-0.05, 0) is 59.7 Å². The number of hydrogen-bond donors (Lipinski definition) is 0. The molecule has 0 amide bonds. The van der Waals surface area contributed by atoms with Crippen molar-refractivity contribution in [3.63, 3.8) is 0 Å². The molecule has 4 heteroatoms. The van der Waals surface area contributed by atoms with E-state index < -0.39 is 0 Å². The summed E-state index contributed by atoms with van der Waals surface area (Å²) >= 11 is 0. The topological polar surface area (TPSA) is 18.5 Å². The van der Waals surface area contributed by atoms with Gasteiger partial charge in [0.2, 0.25) is 0 Å². The summed E-state index contributed by atoms with van der Waals surface area (Å²) in [5.74, 6) is 0. The Morgan fingerprint density at radius 1 is 0.559 bits per heavy atom. The van der Waals surface area contributed by atoms with E-state index in [-0.39, 0.29) is 15.8 Å². The summed E-state index contributed by atoms with van der Waals surface area (Å²) in [5.41, 5.74) is 3.95. The van der Waals surface area contributed by atoms with Crippen molar-refractivity contribution in [2.45, 2.75) is 50.2 Å². The van der Waals surface area contributed by atoms with Crippen LogP contribution in [0.25, 0.3) is 0 Å². The Kier molecular flexibility index (Phi) is 8.82. The summed E-state index contributed by atoms with van der Waals surface area (Å²) in [7, 11) is -0.278. The molecular formula is C30H36O2P2. The van der Waals surface area contributed by atoms with Gasteiger partial charge < -0.3 is 9.47 Å². The average molecular weight is 491 g/mol. The molecule has 2 nitrogen and oxygen atoms in total. The van der Waals surface area contributed by atoms with Crippen LogP contribution >= 0.6 is 15.8 Å². The van der Waals surface area contributed by atoms with Crippen molar-refractivity contribution < 1.29 is 9.47 Å². The van der Waals surface area contributed by atoms with Gasteiger partial charge in [0.15, 0.2) is 0 Å². The first kappa shape index (κ1) is 24.1. The second kappa shape index (κ2) is 12.4. The number of ether oxygens (including phenoxy) is 2. The van der Waals surface area contributed by atoms with Crippen molar-refractivity contribution in [2.75, 3.05) is 25.5 Å². The predicted molar refractivity (Wildman–Crippen MR) is 148 cm³/mol. The SMILES string of the molecule is c1ccc(COCC2CCCP2c2ccccc2P2CCCC2COCc2ccccc2)cc1. The Hall–Kier alpha value is -1.56. The zero-order valence-corrected chi connectivity index (χ0v) is 21.8. The summed E-state index contributed by atoms with van der Waals surface area (Å²) in [5, 5.41) is 3.37. The van der Waals surface area contributed by atoms with E-state index in [0.29, 0.717) is 11.3 Å². The Labute approximate surface area is 207 Å². The quantitative estimate of drug-likeness (QED) is 0.296. The lowest BCUT2D eigenvalue weighted by Crippen LogP contribution is -2.29. The van der Waals surface area contributed by atoms with E-state index in [2.05, 4.69) is 84.9 Å². The molecule has 2 fully saturated rings. The second-order valence-corrected chi connectivity index (χ2v) is 14.7. The molecule has 0 aliphatic carbocycles. The first-order valence-electron chi connectivity index (χ1n) is 12.7. The summed E-state index contributed by atoms with van der Waals surface area (Å²) < 4.78 is 12.5. The highest BCUT2D eigenvalue weighted by Gasteiger charge is 2.34. The van der Waals surface area contributed by atoms with Crippen LogP contribution in [0.15, 0.2) is 84.9 Å². The van der Waals surface area contributed by atoms with E-state index in [1.54, 1.807) is 10.6 Å². The molecule has 0 bridgehead atoms. The molecule has 2 aliphatic rings. The third-order valence-electron chi connectivity index (χ3n) is 7.10. The maximum Gasteiger partial charge on any atom is 0.0717 e. The minimum atomic E-state index is -0.139. The molecule has 0 radical (unpaired) electrons. The standard InChI is InChI=1S/C30H36O2P2/c1-3-11-25(12-4-1)21-31-23-27-15-9-19-33(27)29-17-7-8-18-30(29)34-20-10-16-28(34)24-32-22-26-13-5-2-6-14-26/h1-8,11-14,17-18,27-28H,9-10,15-16,19-24H2. The molecule has 2 aliphatic heterocycles. The maximum atomic E-state index is 6.24. The third-order valence-corrected chi connectivity index (χ3v) is 13.5. The van der Waals surface area contributed by atoms with Crippen LogP contribution in [0.2, 0.25) is 0 Å². The summed E-state index contributed by atoms with van der Waals surface area (Å²) in [6, 6.07) is 30.6. The van der Waals surface area contributed by atoms with Crippen LogP contribution in [-0.4, -0.2) is 36.9 Å². The van der Waals surface area contributed by atoms with Gasteiger partial charge in [-0.3, -0.25) is 0 Å². The molecule has 0 N–H and O–H groups in total. The minimum Gasteiger partial charge on any atom is -0.376 e. The van der Waals surface area contributed by atoms with Gasteiger partial charge in [-0.25, -0.2) is 0 Å². The van der Waals surface area contributed by atoms with E-state index in [9.17, 15) is 0 Å². The zero-order valence-electron chi connectivity index (χ0n) is 20.0. The Morgan fingerprint density at radius 3 is 1.41 bits per heavy atom. The van der Waals surface area contributed by atoms with Crippen LogP contribution in [0.3, 0.4) is 0 Å². The summed E-state index contributed by atoms with van der Waals surface area (Å²) in [6.45, 7) is 3.26. The van der Waals surface area contributed by atoms with E-state index >= 15 is 0 Å². The van der Waals surface area contributed by atoms with Crippen LogP contribution in [0.5, 0.6) is 0 Å². The van der Waals surface area contributed by atoms with E-state index in [1.165, 1.54) is 49.1 Å². The molecule has 0 spiro atoms. The molecule has 4 atom stereocenters. The molecule has 5 rings (SSSR count). The van der Waals surface area contributed by atoms with Crippen molar-refractivity contribution >= 4 is 26.5 Å². The summed E-state index contributed by atoms with van der Waals surface area (Å²) in [4.78, 5) is 0. The normalized spacial score (nSPS) is 24.5. The fraction of sp³-hybridized carbons (Fsp3) is 0.400. The second-order valence-electron chi connectivity index (χ2n) is 9.47. The molecule has 3 aromatic carbocycles. The van der Waals surface area contributed by atoms with Gasteiger partial charge in [0, 0.05) is 11.3 Å². The van der Waals surface area contributed by atoms with Crippen molar-refractivity contribution in [1.29, 1.82) is 0 Å². The van der Waals surface area contributed by atoms with Crippen LogP contribution in [0, 0.1) is 0 Å². The highest BCUT2D eigenvalue weighted by atomic mass is 31.1. The van der Waals surface area contributed by atoms with Gasteiger partial charge >= 0.3 is 0 Å². The molecular weight excluding hydrogens is 454 g/mol. The lowest BCUT2D eigenvalue weighted by Gasteiger charge is -2.28. The van der Waals surface area contributed by atoms with Crippen LogP contribution in [0.4, 0.5) is 0 Å². The Bertz CT molecular complexity index is 928. The van der Waals surface area contributed by atoms with Gasteiger partial charge in [0.25, 0.3) is 0 Å². The number of hydrogen-bond acceptors (Lipinski definition) is 2. The maximum absolute atomic E-state index is 6.24. The van der Waals surface area contributed by atoms with E-state index in [0.717, 1.165) is 26.4 Å². The molecule has 178 valence electrons. The number of benzene rings is 3. The Morgan fingerprint density at radius 2 is 0.971 bits per heavy atom. The highest BCUT2D eigenvalue weighted by molar-refractivity contribution is 7.73. The smallest absolute Gasteiger partial charge is 0.0717 e. The zero-order chi connectivity index (χ0) is 23.0. The Balaban J connectivity index is 1.23. The van der Waals surface area contributed by atoms with Gasteiger partial charge in [-0.2, -0.15) is 0 Å². The number of rotatable bonds is 10. The molecule has 2 saturated heterocycles. The fourth-order valence-electron chi connectivity index (χ4n) is 5.38. The molecule has 2 heterocycles. The third kappa shape index (κ3) is 6.16. The van der Waals surface area contributed by atoms with Crippen LogP contribution in [0.1, 0.15) is 36.8 Å². The molecule has 3 aromatic rings. The lowest BCUT2D eigenvalue weighted by molar-refractivity contribution is 0.121. The molecule has 34 heavy (non-hydrogen) atoms. The van der Waals surface area contributed by atoms with Gasteiger partial charge in [-0.15, -0.1) is 0 Å². The average Bonchev–Trinajstić information content (AvgIpc) is 3.55. The largest absolute Gasteiger partial charge is 0.376 e. The van der Waals surface area contributed by atoms with Gasteiger partial charge in [-0.1, -0.05) is 101 Å². The molecule has 0 aromatic heterocycles. The minimum absolute atomic E-state index is 0.139. The first-order chi connectivity index (χ1) is 16.9. The van der Waals surface area contributed by atoms with Gasteiger partial charge in [0.1, 0.15) is 0 Å². The predicted octanol–water partition coefficient (Wildman–Crippen LogP) is 6.66. The first-order valence-corrected chi connectivity index (χ1v) is 15.9. The van der Waals surface area contributed by atoms with Crippen molar-refractivity contribution in [2.24, 2.45) is 0 Å². The lowest BCUT2D eigenvalue weighted by atomic mass is 10.2. The molecule has 0 saturated carbocycles.